The highest BCUT2D eigenvalue weighted by molar-refractivity contribution is 6.37. The van der Waals surface area contributed by atoms with Gasteiger partial charge in [-0.1, -0.05) is 29.8 Å². The Morgan fingerprint density at radius 3 is 2.25 bits per heavy atom. The minimum Gasteiger partial charge on any atom is -0.505 e. The summed E-state index contributed by atoms with van der Waals surface area (Å²) in [5.74, 6) is -0.104. The molecule has 0 aliphatic heterocycles. The van der Waals surface area contributed by atoms with Gasteiger partial charge in [0, 0.05) is 5.69 Å². The standard InChI is InChI=1S/C8H7Cl2NO/c1-2-11-5-3-6(9)8(12)7(10)4-5/h2-4,11-12H,1H2. The number of halogens is 2. The van der Waals surface area contributed by atoms with Crippen LogP contribution in [0.1, 0.15) is 0 Å². The predicted octanol–water partition coefficient (Wildman–Crippen LogP) is 3.25. The summed E-state index contributed by atoms with van der Waals surface area (Å²) in [4.78, 5) is 0. The molecule has 0 aliphatic rings. The maximum Gasteiger partial charge on any atom is 0.152 e. The van der Waals surface area contributed by atoms with Gasteiger partial charge in [-0.15, -0.1) is 0 Å². The van der Waals surface area contributed by atoms with Gasteiger partial charge in [-0.05, 0) is 18.3 Å². The Bertz CT molecular complexity index is 289. The van der Waals surface area contributed by atoms with Crippen LogP contribution in [0.4, 0.5) is 5.69 Å². The molecule has 1 aromatic carbocycles. The van der Waals surface area contributed by atoms with Crippen LogP contribution in [0.25, 0.3) is 0 Å². The Balaban J connectivity index is 3.11. The van der Waals surface area contributed by atoms with Gasteiger partial charge in [-0.3, -0.25) is 0 Å². The highest BCUT2D eigenvalue weighted by atomic mass is 35.5. The summed E-state index contributed by atoms with van der Waals surface area (Å²) >= 11 is 11.3. The first-order chi connectivity index (χ1) is 5.65. The van der Waals surface area contributed by atoms with E-state index >= 15 is 0 Å². The first-order valence-electron chi connectivity index (χ1n) is 3.20. The largest absolute Gasteiger partial charge is 0.505 e. The van der Waals surface area contributed by atoms with Crippen LogP contribution in [-0.2, 0) is 0 Å². The maximum absolute atomic E-state index is 9.18. The Kier molecular flexibility index (Phi) is 2.84. The number of hydrogen-bond acceptors (Lipinski definition) is 2. The molecule has 0 bridgehead atoms. The highest BCUT2D eigenvalue weighted by Crippen LogP contribution is 2.34. The molecule has 0 aromatic heterocycles. The van der Waals surface area contributed by atoms with Crippen molar-refractivity contribution in [3.8, 4) is 5.75 Å². The summed E-state index contributed by atoms with van der Waals surface area (Å²) in [7, 11) is 0. The van der Waals surface area contributed by atoms with Crippen molar-refractivity contribution in [2.75, 3.05) is 5.32 Å². The van der Waals surface area contributed by atoms with Crippen molar-refractivity contribution in [2.45, 2.75) is 0 Å². The zero-order chi connectivity index (χ0) is 9.14. The van der Waals surface area contributed by atoms with Gasteiger partial charge in [0.15, 0.2) is 5.75 Å². The summed E-state index contributed by atoms with van der Waals surface area (Å²) in [5.41, 5.74) is 0.692. The number of anilines is 1. The van der Waals surface area contributed by atoms with Crippen molar-refractivity contribution in [1.29, 1.82) is 0 Å². The molecule has 4 heteroatoms. The molecular formula is C8H7Cl2NO. The van der Waals surface area contributed by atoms with E-state index in [4.69, 9.17) is 23.2 Å². The molecule has 0 spiro atoms. The molecule has 0 saturated heterocycles. The van der Waals surface area contributed by atoms with E-state index in [-0.39, 0.29) is 15.8 Å². The van der Waals surface area contributed by atoms with Crippen LogP contribution in [0, 0.1) is 0 Å². The van der Waals surface area contributed by atoms with Crippen molar-refractivity contribution in [2.24, 2.45) is 0 Å². The van der Waals surface area contributed by atoms with Crippen molar-refractivity contribution in [3.63, 3.8) is 0 Å². The van der Waals surface area contributed by atoms with Crippen LogP contribution >= 0.6 is 23.2 Å². The number of nitrogens with one attached hydrogen (secondary N) is 1. The van der Waals surface area contributed by atoms with Gasteiger partial charge >= 0.3 is 0 Å². The molecule has 0 fully saturated rings. The van der Waals surface area contributed by atoms with E-state index in [0.29, 0.717) is 5.69 Å². The SMILES string of the molecule is C=CNc1cc(Cl)c(O)c(Cl)c1. The average molecular weight is 204 g/mol. The van der Waals surface area contributed by atoms with Crippen LogP contribution in [0.5, 0.6) is 5.75 Å². The molecule has 2 nitrogen and oxygen atoms in total. The molecule has 64 valence electrons. The zero-order valence-electron chi connectivity index (χ0n) is 6.14. The maximum atomic E-state index is 9.18. The quantitative estimate of drug-likeness (QED) is 0.724. The number of aromatic hydroxyl groups is 1. The average Bonchev–Trinajstić information content (AvgIpc) is 2.01. The molecular weight excluding hydrogens is 197 g/mol. The van der Waals surface area contributed by atoms with Crippen LogP contribution in [-0.4, -0.2) is 5.11 Å². The van der Waals surface area contributed by atoms with E-state index in [2.05, 4.69) is 11.9 Å². The topological polar surface area (TPSA) is 32.3 Å². The summed E-state index contributed by atoms with van der Waals surface area (Å²) in [6.07, 6.45) is 1.50. The lowest BCUT2D eigenvalue weighted by Gasteiger charge is -2.04. The number of rotatable bonds is 2. The van der Waals surface area contributed by atoms with Crippen molar-refractivity contribution >= 4 is 28.9 Å². The first kappa shape index (κ1) is 9.23. The van der Waals surface area contributed by atoms with Crippen LogP contribution in [0.3, 0.4) is 0 Å². The molecule has 0 radical (unpaired) electrons. The van der Waals surface area contributed by atoms with Gasteiger partial charge in [-0.2, -0.15) is 0 Å². The van der Waals surface area contributed by atoms with Gasteiger partial charge in [0.1, 0.15) is 0 Å². The van der Waals surface area contributed by atoms with Gasteiger partial charge in [0.05, 0.1) is 10.0 Å². The van der Waals surface area contributed by atoms with E-state index in [1.165, 1.54) is 6.20 Å². The molecule has 0 amide bonds. The lowest BCUT2D eigenvalue weighted by atomic mass is 10.3. The smallest absolute Gasteiger partial charge is 0.152 e. The van der Waals surface area contributed by atoms with Crippen LogP contribution in [0.2, 0.25) is 10.0 Å². The second kappa shape index (κ2) is 3.70. The third-order valence-electron chi connectivity index (χ3n) is 1.29. The minimum absolute atomic E-state index is 0.104. The molecule has 1 aromatic rings. The fourth-order valence-electron chi connectivity index (χ4n) is 0.767. The lowest BCUT2D eigenvalue weighted by molar-refractivity contribution is 0.476. The number of hydrogen-bond donors (Lipinski definition) is 2. The van der Waals surface area contributed by atoms with Gasteiger partial charge in [0.2, 0.25) is 0 Å². The van der Waals surface area contributed by atoms with Crippen LogP contribution < -0.4 is 5.32 Å². The van der Waals surface area contributed by atoms with E-state index in [1.807, 2.05) is 0 Å². The van der Waals surface area contributed by atoms with Crippen molar-refractivity contribution in [3.05, 3.63) is 35.0 Å². The molecule has 0 aliphatic carbocycles. The molecule has 0 saturated carbocycles. The van der Waals surface area contributed by atoms with E-state index < -0.39 is 0 Å². The second-order valence-corrected chi connectivity index (χ2v) is 2.95. The Morgan fingerprint density at radius 2 is 1.83 bits per heavy atom. The fraction of sp³-hybridized carbons (Fsp3) is 0. The number of benzene rings is 1. The molecule has 1 rings (SSSR count). The van der Waals surface area contributed by atoms with Gasteiger partial charge < -0.3 is 10.4 Å². The fourth-order valence-corrected chi connectivity index (χ4v) is 1.25. The third-order valence-corrected chi connectivity index (χ3v) is 1.86. The minimum atomic E-state index is -0.104. The predicted molar refractivity (Wildman–Crippen MR) is 51.9 cm³/mol. The van der Waals surface area contributed by atoms with E-state index in [1.54, 1.807) is 12.1 Å². The summed E-state index contributed by atoms with van der Waals surface area (Å²) in [5, 5.41) is 12.4. The molecule has 0 heterocycles. The monoisotopic (exact) mass is 203 g/mol. The Labute approximate surface area is 80.4 Å². The molecule has 0 unspecified atom stereocenters. The second-order valence-electron chi connectivity index (χ2n) is 2.14. The Morgan fingerprint density at radius 1 is 1.33 bits per heavy atom. The van der Waals surface area contributed by atoms with Gasteiger partial charge in [0.25, 0.3) is 0 Å². The normalized spacial score (nSPS) is 9.50. The summed E-state index contributed by atoms with van der Waals surface area (Å²) in [6.45, 7) is 3.48. The lowest BCUT2D eigenvalue weighted by Crippen LogP contribution is -1.85. The summed E-state index contributed by atoms with van der Waals surface area (Å²) in [6, 6.07) is 3.12. The van der Waals surface area contributed by atoms with Crippen molar-refractivity contribution < 1.29 is 5.11 Å². The molecule has 12 heavy (non-hydrogen) atoms. The van der Waals surface area contributed by atoms with Crippen LogP contribution in [0.15, 0.2) is 24.9 Å². The molecule has 0 atom stereocenters. The summed E-state index contributed by atoms with van der Waals surface area (Å²) < 4.78 is 0. The highest BCUT2D eigenvalue weighted by Gasteiger charge is 2.04. The Hall–Kier alpha value is -0.860. The van der Waals surface area contributed by atoms with Gasteiger partial charge in [-0.25, -0.2) is 0 Å². The van der Waals surface area contributed by atoms with E-state index in [9.17, 15) is 5.11 Å². The van der Waals surface area contributed by atoms with Crippen molar-refractivity contribution in [1.82, 2.24) is 0 Å². The van der Waals surface area contributed by atoms with E-state index in [0.717, 1.165) is 0 Å². The number of phenols is 1. The first-order valence-corrected chi connectivity index (χ1v) is 3.96. The number of phenolic OH excluding ortho intramolecular Hbond substituents is 1. The molecule has 2 N–H and O–H groups in total. The third kappa shape index (κ3) is 1.84. The zero-order valence-corrected chi connectivity index (χ0v) is 7.65.